The van der Waals surface area contributed by atoms with Crippen molar-refractivity contribution in [1.82, 2.24) is 4.90 Å². The average molecular weight is 293 g/mol. The first kappa shape index (κ1) is 16.8. The molecule has 0 saturated carbocycles. The predicted molar refractivity (Wildman–Crippen MR) is 83.9 cm³/mol. The van der Waals surface area contributed by atoms with Crippen LogP contribution in [0.25, 0.3) is 0 Å². The molecule has 0 spiro atoms. The molecule has 0 aromatic heterocycles. The second-order valence-electron chi connectivity index (χ2n) is 5.30. The molecular weight excluding hydrogens is 270 g/mol. The van der Waals surface area contributed by atoms with Gasteiger partial charge < -0.3 is 20.2 Å². The third-order valence-corrected chi connectivity index (χ3v) is 3.09. The molecule has 0 aliphatic heterocycles. The molecule has 0 saturated heterocycles. The fourth-order valence-electron chi connectivity index (χ4n) is 1.85. The number of urea groups is 1. The summed E-state index contributed by atoms with van der Waals surface area (Å²) in [6, 6.07) is 7.11. The fraction of sp³-hybridized carbons (Fsp3) is 0.467. The zero-order valence-corrected chi connectivity index (χ0v) is 13.0. The molecule has 2 amide bonds. The van der Waals surface area contributed by atoms with Crippen LogP contribution in [0, 0.1) is 0 Å². The minimum absolute atomic E-state index is 0.0643. The second-order valence-corrected chi connectivity index (χ2v) is 5.30. The standard InChI is InChI=1S/C15H23N3O3/c1-11(2)18(10-9-14(19)20)15(21)16-12-5-7-13(8-6-12)17(3)4/h5-8,11H,9-10H2,1-4H3,(H,16,21)(H,19,20). The van der Waals surface area contributed by atoms with Crippen LogP contribution in [0.1, 0.15) is 20.3 Å². The highest BCUT2D eigenvalue weighted by molar-refractivity contribution is 5.90. The van der Waals surface area contributed by atoms with Gasteiger partial charge in [-0.3, -0.25) is 4.79 Å². The van der Waals surface area contributed by atoms with Crippen molar-refractivity contribution in [3.05, 3.63) is 24.3 Å². The fourth-order valence-corrected chi connectivity index (χ4v) is 1.85. The lowest BCUT2D eigenvalue weighted by Gasteiger charge is -2.26. The molecule has 2 N–H and O–H groups in total. The van der Waals surface area contributed by atoms with Crippen molar-refractivity contribution in [2.24, 2.45) is 0 Å². The van der Waals surface area contributed by atoms with Gasteiger partial charge in [0.1, 0.15) is 0 Å². The SMILES string of the molecule is CC(C)N(CCC(=O)O)C(=O)Nc1ccc(N(C)C)cc1. The molecule has 6 nitrogen and oxygen atoms in total. The Bertz CT molecular complexity index is 483. The summed E-state index contributed by atoms with van der Waals surface area (Å²) < 4.78 is 0. The van der Waals surface area contributed by atoms with Crippen LogP contribution in [0.5, 0.6) is 0 Å². The molecule has 1 aromatic carbocycles. The second kappa shape index (κ2) is 7.52. The molecule has 0 bridgehead atoms. The molecule has 116 valence electrons. The van der Waals surface area contributed by atoms with Crippen LogP contribution in [-0.2, 0) is 4.79 Å². The lowest BCUT2D eigenvalue weighted by molar-refractivity contribution is -0.137. The quantitative estimate of drug-likeness (QED) is 0.845. The van der Waals surface area contributed by atoms with Gasteiger partial charge in [-0.2, -0.15) is 0 Å². The van der Waals surface area contributed by atoms with Crippen molar-refractivity contribution >= 4 is 23.4 Å². The van der Waals surface area contributed by atoms with Gasteiger partial charge in [-0.25, -0.2) is 4.79 Å². The molecule has 0 heterocycles. The first-order chi connectivity index (χ1) is 9.81. The van der Waals surface area contributed by atoms with Crippen LogP contribution in [0.2, 0.25) is 0 Å². The van der Waals surface area contributed by atoms with Gasteiger partial charge in [0.05, 0.1) is 6.42 Å². The number of carboxylic acid groups (broad SMARTS) is 1. The highest BCUT2D eigenvalue weighted by Crippen LogP contribution is 2.16. The number of amides is 2. The van der Waals surface area contributed by atoms with E-state index in [4.69, 9.17) is 5.11 Å². The third-order valence-electron chi connectivity index (χ3n) is 3.09. The van der Waals surface area contributed by atoms with E-state index in [1.165, 1.54) is 4.90 Å². The van der Waals surface area contributed by atoms with E-state index in [1.807, 2.05) is 57.1 Å². The molecule has 1 aromatic rings. The van der Waals surface area contributed by atoms with Crippen molar-refractivity contribution in [2.45, 2.75) is 26.3 Å². The number of nitrogens with zero attached hydrogens (tertiary/aromatic N) is 2. The Kier molecular flexibility index (Phi) is 6.02. The minimum Gasteiger partial charge on any atom is -0.481 e. The first-order valence-electron chi connectivity index (χ1n) is 6.88. The Morgan fingerprint density at radius 3 is 2.19 bits per heavy atom. The van der Waals surface area contributed by atoms with E-state index in [0.717, 1.165) is 5.69 Å². The molecule has 0 atom stereocenters. The monoisotopic (exact) mass is 293 g/mol. The Hall–Kier alpha value is -2.24. The van der Waals surface area contributed by atoms with E-state index in [-0.39, 0.29) is 25.0 Å². The topological polar surface area (TPSA) is 72.9 Å². The highest BCUT2D eigenvalue weighted by atomic mass is 16.4. The third kappa shape index (κ3) is 5.33. The number of hydrogen-bond donors (Lipinski definition) is 2. The summed E-state index contributed by atoms with van der Waals surface area (Å²) in [6.07, 6.45) is -0.0643. The van der Waals surface area contributed by atoms with E-state index in [0.29, 0.717) is 5.69 Å². The van der Waals surface area contributed by atoms with Gasteiger partial charge in [-0.05, 0) is 38.1 Å². The number of rotatable bonds is 6. The largest absolute Gasteiger partial charge is 0.481 e. The Labute approximate surface area is 125 Å². The number of aliphatic carboxylic acids is 1. The van der Waals surface area contributed by atoms with Gasteiger partial charge in [-0.1, -0.05) is 0 Å². The summed E-state index contributed by atoms with van der Waals surface area (Å²) in [6.45, 7) is 3.90. The van der Waals surface area contributed by atoms with Crippen LogP contribution in [0.15, 0.2) is 24.3 Å². The molecule has 0 aliphatic rings. The number of carbonyl (C=O) groups is 2. The minimum atomic E-state index is -0.913. The molecule has 0 aliphatic carbocycles. The van der Waals surface area contributed by atoms with Crippen LogP contribution >= 0.6 is 0 Å². The van der Waals surface area contributed by atoms with Crippen LogP contribution in [0.3, 0.4) is 0 Å². The van der Waals surface area contributed by atoms with Crippen molar-refractivity contribution < 1.29 is 14.7 Å². The van der Waals surface area contributed by atoms with Crippen molar-refractivity contribution in [3.8, 4) is 0 Å². The Morgan fingerprint density at radius 1 is 1.19 bits per heavy atom. The molecule has 1 rings (SSSR count). The zero-order chi connectivity index (χ0) is 16.0. The molecule has 0 fully saturated rings. The summed E-state index contributed by atoms with van der Waals surface area (Å²) >= 11 is 0. The summed E-state index contributed by atoms with van der Waals surface area (Å²) in [5.74, 6) is -0.913. The average Bonchev–Trinajstić information content (AvgIpc) is 2.38. The van der Waals surface area contributed by atoms with Crippen molar-refractivity contribution in [2.75, 3.05) is 30.9 Å². The Morgan fingerprint density at radius 2 is 1.76 bits per heavy atom. The van der Waals surface area contributed by atoms with Gasteiger partial charge in [0, 0.05) is 38.1 Å². The molecule has 0 radical (unpaired) electrons. The lowest BCUT2D eigenvalue weighted by atomic mass is 10.2. The van der Waals surface area contributed by atoms with Gasteiger partial charge in [0.15, 0.2) is 0 Å². The molecular formula is C15H23N3O3. The normalized spacial score (nSPS) is 10.3. The lowest BCUT2D eigenvalue weighted by Crippen LogP contribution is -2.41. The van der Waals surface area contributed by atoms with E-state index in [1.54, 1.807) is 0 Å². The van der Waals surface area contributed by atoms with Gasteiger partial charge in [0.2, 0.25) is 0 Å². The molecule has 0 unspecified atom stereocenters. The maximum absolute atomic E-state index is 12.2. The number of anilines is 2. The predicted octanol–water partition coefficient (Wildman–Crippen LogP) is 2.47. The van der Waals surface area contributed by atoms with Crippen molar-refractivity contribution in [3.63, 3.8) is 0 Å². The van der Waals surface area contributed by atoms with Crippen molar-refractivity contribution in [1.29, 1.82) is 0 Å². The van der Waals surface area contributed by atoms with Crippen LogP contribution in [-0.4, -0.2) is 48.7 Å². The summed E-state index contributed by atoms with van der Waals surface area (Å²) in [4.78, 5) is 26.3. The number of benzene rings is 1. The van der Waals surface area contributed by atoms with E-state index in [9.17, 15) is 9.59 Å². The van der Waals surface area contributed by atoms with Gasteiger partial charge >= 0.3 is 12.0 Å². The van der Waals surface area contributed by atoms with Gasteiger partial charge in [0.25, 0.3) is 0 Å². The molecule has 6 heteroatoms. The van der Waals surface area contributed by atoms with E-state index < -0.39 is 5.97 Å². The van der Waals surface area contributed by atoms with Crippen LogP contribution < -0.4 is 10.2 Å². The number of nitrogens with one attached hydrogen (secondary N) is 1. The van der Waals surface area contributed by atoms with Crippen LogP contribution in [0.4, 0.5) is 16.2 Å². The first-order valence-corrected chi connectivity index (χ1v) is 6.88. The highest BCUT2D eigenvalue weighted by Gasteiger charge is 2.17. The maximum Gasteiger partial charge on any atom is 0.322 e. The number of carbonyl (C=O) groups excluding carboxylic acids is 1. The number of hydrogen-bond acceptors (Lipinski definition) is 3. The Balaban J connectivity index is 2.70. The van der Waals surface area contributed by atoms with Gasteiger partial charge in [-0.15, -0.1) is 0 Å². The smallest absolute Gasteiger partial charge is 0.322 e. The summed E-state index contributed by atoms with van der Waals surface area (Å²) in [7, 11) is 3.89. The number of carboxylic acids is 1. The maximum atomic E-state index is 12.2. The summed E-state index contributed by atoms with van der Waals surface area (Å²) in [5, 5.41) is 11.5. The summed E-state index contributed by atoms with van der Waals surface area (Å²) in [5.41, 5.74) is 1.73. The van der Waals surface area contributed by atoms with E-state index >= 15 is 0 Å². The molecule has 21 heavy (non-hydrogen) atoms. The zero-order valence-electron chi connectivity index (χ0n) is 13.0. The van der Waals surface area contributed by atoms with E-state index in [2.05, 4.69) is 5.32 Å².